The number of imide groups is 2. The Bertz CT molecular complexity index is 1090. The summed E-state index contributed by atoms with van der Waals surface area (Å²) in [7, 11) is 0. The highest BCUT2D eigenvalue weighted by Crippen LogP contribution is 2.38. The van der Waals surface area contributed by atoms with Crippen molar-refractivity contribution < 1.29 is 14.4 Å². The summed E-state index contributed by atoms with van der Waals surface area (Å²) in [5, 5.41) is 14.8. The van der Waals surface area contributed by atoms with Crippen molar-refractivity contribution in [2.45, 2.75) is 39.5 Å². The normalized spacial score (nSPS) is 16.3. The Morgan fingerprint density at radius 2 is 1.82 bits per heavy atom. The van der Waals surface area contributed by atoms with Gasteiger partial charge in [-0.05, 0) is 62.8 Å². The molecule has 0 spiro atoms. The lowest BCUT2D eigenvalue weighted by Crippen LogP contribution is -2.51. The fourth-order valence-corrected chi connectivity index (χ4v) is 5.28. The van der Waals surface area contributed by atoms with Gasteiger partial charge in [0.05, 0.1) is 5.56 Å². The van der Waals surface area contributed by atoms with Gasteiger partial charge in [0.1, 0.15) is 16.6 Å². The molecule has 1 aliphatic carbocycles. The summed E-state index contributed by atoms with van der Waals surface area (Å²) in [6.45, 7) is 3.82. The van der Waals surface area contributed by atoms with E-state index in [0.717, 1.165) is 53.2 Å². The van der Waals surface area contributed by atoms with Gasteiger partial charge in [0, 0.05) is 16.3 Å². The van der Waals surface area contributed by atoms with E-state index in [1.807, 2.05) is 24.5 Å². The molecule has 4 rings (SSSR count). The number of aryl methyl sites for hydroxylation is 2. The molecule has 0 radical (unpaired) electrons. The number of nitrogens with zero attached hydrogens (tertiary/aromatic N) is 2. The molecule has 1 saturated heterocycles. The first-order valence-corrected chi connectivity index (χ1v) is 9.84. The van der Waals surface area contributed by atoms with Gasteiger partial charge in [-0.1, -0.05) is 0 Å². The number of rotatable bonds is 2. The van der Waals surface area contributed by atoms with Gasteiger partial charge in [-0.15, -0.1) is 11.3 Å². The molecule has 3 heterocycles. The monoisotopic (exact) mass is 394 g/mol. The zero-order valence-corrected chi connectivity index (χ0v) is 16.3. The summed E-state index contributed by atoms with van der Waals surface area (Å²) in [5.74, 6) is -1.44. The third-order valence-electron chi connectivity index (χ3n) is 5.18. The maximum absolute atomic E-state index is 12.0. The minimum Gasteiger partial charge on any atom is -0.308 e. The molecule has 2 N–H and O–H groups in total. The Morgan fingerprint density at radius 1 is 1.14 bits per heavy atom. The molecule has 0 aromatic carbocycles. The lowest BCUT2D eigenvalue weighted by molar-refractivity contribution is -0.123. The molecule has 0 atom stereocenters. The van der Waals surface area contributed by atoms with E-state index in [9.17, 15) is 19.6 Å². The molecular formula is C20H18N4O3S. The van der Waals surface area contributed by atoms with Gasteiger partial charge in [-0.2, -0.15) is 5.26 Å². The largest absolute Gasteiger partial charge is 0.328 e. The van der Waals surface area contributed by atoms with Crippen molar-refractivity contribution >= 4 is 35.3 Å². The van der Waals surface area contributed by atoms with Gasteiger partial charge in [-0.3, -0.25) is 20.2 Å². The molecule has 28 heavy (non-hydrogen) atoms. The number of carbonyl (C=O) groups excluding carboxylic acids is 3. The standard InChI is InChI=1S/C20H18N4O3S/c1-10-7-12(8-14-17(25)22-20(27)23-18(14)26)11(2)24(10)19-15(9-21)13-5-3-4-6-16(13)28-19/h7-8H,3-6H2,1-2H3,(H2,22,23,25,26,27). The Kier molecular flexibility index (Phi) is 4.40. The van der Waals surface area contributed by atoms with E-state index < -0.39 is 17.8 Å². The lowest BCUT2D eigenvalue weighted by atomic mass is 9.96. The highest BCUT2D eigenvalue weighted by molar-refractivity contribution is 7.15. The molecule has 8 heteroatoms. The van der Waals surface area contributed by atoms with E-state index in [2.05, 4.69) is 16.7 Å². The second-order valence-corrected chi connectivity index (χ2v) is 8.04. The summed E-state index contributed by atoms with van der Waals surface area (Å²) in [4.78, 5) is 36.5. The number of nitrogens with one attached hydrogen (secondary N) is 2. The van der Waals surface area contributed by atoms with Gasteiger partial charge >= 0.3 is 6.03 Å². The maximum Gasteiger partial charge on any atom is 0.328 e. The van der Waals surface area contributed by atoms with Gasteiger partial charge in [0.25, 0.3) is 11.8 Å². The average Bonchev–Trinajstić information content (AvgIpc) is 3.14. The van der Waals surface area contributed by atoms with Gasteiger partial charge < -0.3 is 4.57 Å². The van der Waals surface area contributed by atoms with Crippen molar-refractivity contribution in [3.63, 3.8) is 0 Å². The van der Waals surface area contributed by atoms with Crippen LogP contribution in [-0.4, -0.2) is 22.4 Å². The topological polar surface area (TPSA) is 104 Å². The molecule has 2 aliphatic rings. The Labute approximate surface area is 165 Å². The Balaban J connectivity index is 1.82. The second-order valence-electron chi connectivity index (χ2n) is 6.96. The van der Waals surface area contributed by atoms with Crippen LogP contribution in [0.15, 0.2) is 11.6 Å². The zero-order valence-electron chi connectivity index (χ0n) is 15.5. The van der Waals surface area contributed by atoms with Crippen LogP contribution >= 0.6 is 11.3 Å². The molecule has 7 nitrogen and oxygen atoms in total. The molecule has 2 aromatic rings. The first kappa shape index (κ1) is 18.2. The average molecular weight is 394 g/mol. The van der Waals surface area contributed by atoms with Crippen LogP contribution in [0.4, 0.5) is 4.79 Å². The van der Waals surface area contributed by atoms with E-state index in [0.29, 0.717) is 5.56 Å². The number of nitriles is 1. The minimum atomic E-state index is -0.819. The number of thiophene rings is 1. The summed E-state index contributed by atoms with van der Waals surface area (Å²) in [5.41, 5.74) is 4.20. The predicted octanol–water partition coefficient (Wildman–Crippen LogP) is 2.66. The van der Waals surface area contributed by atoms with Gasteiger partial charge in [-0.25, -0.2) is 4.79 Å². The zero-order chi connectivity index (χ0) is 20.0. The van der Waals surface area contributed by atoms with Crippen LogP contribution < -0.4 is 10.6 Å². The highest BCUT2D eigenvalue weighted by Gasteiger charge is 2.29. The van der Waals surface area contributed by atoms with Crippen molar-refractivity contribution in [1.82, 2.24) is 15.2 Å². The summed E-state index contributed by atoms with van der Waals surface area (Å²) in [6, 6.07) is 3.43. The van der Waals surface area contributed by atoms with E-state index in [4.69, 9.17) is 0 Å². The summed E-state index contributed by atoms with van der Waals surface area (Å²) >= 11 is 1.65. The van der Waals surface area contributed by atoms with E-state index in [-0.39, 0.29) is 5.57 Å². The first-order valence-electron chi connectivity index (χ1n) is 9.03. The third-order valence-corrected chi connectivity index (χ3v) is 6.46. The van der Waals surface area contributed by atoms with Crippen LogP contribution in [0.1, 0.15) is 45.8 Å². The molecule has 4 amide bonds. The second kappa shape index (κ2) is 6.77. The Hall–Kier alpha value is -3.18. The van der Waals surface area contributed by atoms with E-state index >= 15 is 0 Å². The van der Waals surface area contributed by atoms with Crippen LogP contribution in [0.2, 0.25) is 0 Å². The van der Waals surface area contributed by atoms with Crippen molar-refractivity contribution in [2.75, 3.05) is 0 Å². The molecule has 1 fully saturated rings. The predicted molar refractivity (Wildman–Crippen MR) is 104 cm³/mol. The Morgan fingerprint density at radius 3 is 2.50 bits per heavy atom. The van der Waals surface area contributed by atoms with E-state index in [1.165, 1.54) is 11.0 Å². The van der Waals surface area contributed by atoms with Crippen molar-refractivity contribution in [2.24, 2.45) is 0 Å². The fraction of sp³-hybridized carbons (Fsp3) is 0.300. The number of amides is 4. The number of hydrogen-bond donors (Lipinski definition) is 2. The van der Waals surface area contributed by atoms with Crippen molar-refractivity contribution in [1.29, 1.82) is 5.26 Å². The summed E-state index contributed by atoms with van der Waals surface area (Å²) in [6.07, 6.45) is 5.65. The van der Waals surface area contributed by atoms with E-state index in [1.54, 1.807) is 11.3 Å². The highest BCUT2D eigenvalue weighted by atomic mass is 32.1. The molecule has 0 unspecified atom stereocenters. The van der Waals surface area contributed by atoms with Crippen LogP contribution in [0.5, 0.6) is 0 Å². The molecule has 2 aromatic heterocycles. The molecule has 0 saturated carbocycles. The minimum absolute atomic E-state index is 0.120. The number of barbiturate groups is 1. The quantitative estimate of drug-likeness (QED) is 0.603. The number of aromatic nitrogens is 1. The van der Waals surface area contributed by atoms with Crippen LogP contribution in [-0.2, 0) is 22.4 Å². The number of urea groups is 1. The maximum atomic E-state index is 12.0. The summed E-state index contributed by atoms with van der Waals surface area (Å²) < 4.78 is 2.01. The van der Waals surface area contributed by atoms with Crippen LogP contribution in [0.3, 0.4) is 0 Å². The molecule has 142 valence electrons. The number of fused-ring (bicyclic) bond motifs is 1. The molecular weight excluding hydrogens is 376 g/mol. The number of carbonyl (C=O) groups is 3. The fourth-order valence-electron chi connectivity index (χ4n) is 3.83. The van der Waals surface area contributed by atoms with Crippen LogP contribution in [0.25, 0.3) is 11.1 Å². The molecule has 0 bridgehead atoms. The van der Waals surface area contributed by atoms with Gasteiger partial charge in [0.2, 0.25) is 0 Å². The van der Waals surface area contributed by atoms with Gasteiger partial charge in [0.15, 0.2) is 0 Å². The first-order chi connectivity index (χ1) is 13.4. The smallest absolute Gasteiger partial charge is 0.308 e. The van der Waals surface area contributed by atoms with Crippen molar-refractivity contribution in [3.8, 4) is 11.1 Å². The van der Waals surface area contributed by atoms with Crippen molar-refractivity contribution in [3.05, 3.63) is 44.6 Å². The lowest BCUT2D eigenvalue weighted by Gasteiger charge is -2.14. The SMILES string of the molecule is Cc1cc(C=C2C(=O)NC(=O)NC2=O)c(C)n1-c1sc2c(c1C#N)CCCC2. The third kappa shape index (κ3) is 2.84. The van der Waals surface area contributed by atoms with Crippen LogP contribution in [0, 0.1) is 25.2 Å². The number of hydrogen-bond acceptors (Lipinski definition) is 5. The molecule has 1 aliphatic heterocycles.